The fraction of sp³-hybridized carbons (Fsp3) is 0.150. The SMILES string of the molecule is CCOC(=O)c1cc(-c2ccccc2)n(-c2ccc(Br)cc2)c1C. The number of ether oxygens (including phenoxy) is 1. The van der Waals surface area contributed by atoms with Crippen LogP contribution in [0.2, 0.25) is 0 Å². The van der Waals surface area contributed by atoms with Crippen molar-refractivity contribution in [2.45, 2.75) is 13.8 Å². The topological polar surface area (TPSA) is 31.2 Å². The molecule has 0 fully saturated rings. The summed E-state index contributed by atoms with van der Waals surface area (Å²) in [6.45, 7) is 4.13. The zero-order valence-electron chi connectivity index (χ0n) is 13.6. The highest BCUT2D eigenvalue weighted by atomic mass is 79.9. The van der Waals surface area contributed by atoms with Crippen LogP contribution < -0.4 is 0 Å². The molecule has 0 radical (unpaired) electrons. The Morgan fingerprint density at radius 1 is 1.08 bits per heavy atom. The van der Waals surface area contributed by atoms with Gasteiger partial charge in [0.2, 0.25) is 0 Å². The van der Waals surface area contributed by atoms with Crippen molar-refractivity contribution in [1.29, 1.82) is 0 Å². The fourth-order valence-corrected chi connectivity index (χ4v) is 3.03. The van der Waals surface area contributed by atoms with Gasteiger partial charge in [-0.15, -0.1) is 0 Å². The first kappa shape index (κ1) is 16.5. The molecular formula is C20H18BrNO2. The van der Waals surface area contributed by atoms with Crippen molar-refractivity contribution in [3.05, 3.63) is 76.4 Å². The highest BCUT2D eigenvalue weighted by Gasteiger charge is 2.20. The first-order chi connectivity index (χ1) is 11.6. The number of rotatable bonds is 4. The summed E-state index contributed by atoms with van der Waals surface area (Å²) < 4.78 is 8.32. The Morgan fingerprint density at radius 2 is 1.75 bits per heavy atom. The van der Waals surface area contributed by atoms with Crippen LogP contribution in [0, 0.1) is 6.92 Å². The minimum atomic E-state index is -0.289. The molecule has 0 unspecified atom stereocenters. The van der Waals surface area contributed by atoms with Crippen molar-refractivity contribution in [2.75, 3.05) is 6.61 Å². The molecule has 0 aliphatic rings. The molecule has 3 rings (SSSR count). The van der Waals surface area contributed by atoms with Crippen molar-refractivity contribution in [2.24, 2.45) is 0 Å². The molecule has 0 spiro atoms. The van der Waals surface area contributed by atoms with Crippen LogP contribution in [0.4, 0.5) is 0 Å². The van der Waals surface area contributed by atoms with E-state index in [1.165, 1.54) is 0 Å². The molecule has 3 nitrogen and oxygen atoms in total. The summed E-state index contributed by atoms with van der Waals surface area (Å²) in [5.41, 5.74) is 4.50. The van der Waals surface area contributed by atoms with E-state index in [4.69, 9.17) is 4.74 Å². The van der Waals surface area contributed by atoms with Gasteiger partial charge in [0.25, 0.3) is 0 Å². The van der Waals surface area contributed by atoms with Crippen molar-refractivity contribution in [1.82, 2.24) is 4.57 Å². The van der Waals surface area contributed by atoms with E-state index in [2.05, 4.69) is 20.5 Å². The Kier molecular flexibility index (Phi) is 4.86. The first-order valence-corrected chi connectivity index (χ1v) is 8.62. The van der Waals surface area contributed by atoms with Crippen molar-refractivity contribution in [3.8, 4) is 16.9 Å². The zero-order chi connectivity index (χ0) is 17.1. The molecule has 0 saturated heterocycles. The maximum atomic E-state index is 12.3. The Bertz CT molecular complexity index is 851. The molecule has 0 aliphatic carbocycles. The number of benzene rings is 2. The highest BCUT2D eigenvalue weighted by Crippen LogP contribution is 2.30. The van der Waals surface area contributed by atoms with Crippen LogP contribution in [0.5, 0.6) is 0 Å². The number of carbonyl (C=O) groups is 1. The third-order valence-corrected chi connectivity index (χ3v) is 4.43. The second kappa shape index (κ2) is 7.05. The number of halogens is 1. The van der Waals surface area contributed by atoms with Crippen LogP contribution in [-0.2, 0) is 4.74 Å². The number of hydrogen-bond donors (Lipinski definition) is 0. The van der Waals surface area contributed by atoms with E-state index in [9.17, 15) is 4.79 Å². The van der Waals surface area contributed by atoms with Crippen LogP contribution in [0.1, 0.15) is 23.0 Å². The van der Waals surface area contributed by atoms with Crippen molar-refractivity contribution in [3.63, 3.8) is 0 Å². The molecule has 0 amide bonds. The maximum Gasteiger partial charge on any atom is 0.339 e. The number of hydrogen-bond acceptors (Lipinski definition) is 2. The van der Waals surface area contributed by atoms with E-state index in [-0.39, 0.29) is 5.97 Å². The summed E-state index contributed by atoms with van der Waals surface area (Å²) in [5.74, 6) is -0.289. The smallest absolute Gasteiger partial charge is 0.339 e. The summed E-state index contributed by atoms with van der Waals surface area (Å²) in [5, 5.41) is 0. The number of aromatic nitrogens is 1. The molecule has 2 aromatic carbocycles. The van der Waals surface area contributed by atoms with Crippen LogP contribution in [-0.4, -0.2) is 17.1 Å². The Hall–Kier alpha value is -2.33. The van der Waals surface area contributed by atoms with E-state index in [1.54, 1.807) is 0 Å². The molecule has 0 saturated carbocycles. The van der Waals surface area contributed by atoms with Crippen molar-refractivity contribution < 1.29 is 9.53 Å². The standard InChI is InChI=1S/C20H18BrNO2/c1-3-24-20(23)18-13-19(15-7-5-4-6-8-15)22(14(18)2)17-11-9-16(21)10-12-17/h4-13H,3H2,1-2H3. The lowest BCUT2D eigenvalue weighted by Gasteiger charge is -2.12. The zero-order valence-corrected chi connectivity index (χ0v) is 15.2. The highest BCUT2D eigenvalue weighted by molar-refractivity contribution is 9.10. The van der Waals surface area contributed by atoms with Crippen LogP contribution in [0.25, 0.3) is 16.9 Å². The van der Waals surface area contributed by atoms with E-state index in [0.29, 0.717) is 12.2 Å². The van der Waals surface area contributed by atoms with Crippen LogP contribution >= 0.6 is 15.9 Å². The molecule has 4 heteroatoms. The van der Waals surface area contributed by atoms with Crippen LogP contribution in [0.3, 0.4) is 0 Å². The van der Waals surface area contributed by atoms with Gasteiger partial charge < -0.3 is 9.30 Å². The van der Waals surface area contributed by atoms with Gasteiger partial charge in [-0.2, -0.15) is 0 Å². The average Bonchev–Trinajstić information content (AvgIpc) is 2.94. The Balaban J connectivity index is 2.21. The van der Waals surface area contributed by atoms with Gasteiger partial charge in [0.05, 0.1) is 17.9 Å². The second-order valence-corrected chi connectivity index (χ2v) is 6.34. The molecule has 0 bridgehead atoms. The lowest BCUT2D eigenvalue weighted by atomic mass is 10.1. The van der Waals surface area contributed by atoms with E-state index in [0.717, 1.165) is 27.1 Å². The van der Waals surface area contributed by atoms with Gasteiger partial charge in [0, 0.05) is 15.9 Å². The minimum absolute atomic E-state index is 0.289. The summed E-state index contributed by atoms with van der Waals surface area (Å²) in [6, 6.07) is 20.0. The maximum absolute atomic E-state index is 12.3. The Morgan fingerprint density at radius 3 is 2.38 bits per heavy atom. The van der Waals surface area contributed by atoms with E-state index < -0.39 is 0 Å². The van der Waals surface area contributed by atoms with E-state index >= 15 is 0 Å². The fourth-order valence-electron chi connectivity index (χ4n) is 2.77. The minimum Gasteiger partial charge on any atom is -0.462 e. The van der Waals surface area contributed by atoms with Gasteiger partial charge in [0.15, 0.2) is 0 Å². The molecule has 0 atom stereocenters. The molecule has 122 valence electrons. The first-order valence-electron chi connectivity index (χ1n) is 7.82. The molecule has 1 heterocycles. The normalized spacial score (nSPS) is 10.6. The lowest BCUT2D eigenvalue weighted by Crippen LogP contribution is -2.06. The summed E-state index contributed by atoms with van der Waals surface area (Å²) in [7, 11) is 0. The van der Waals surface area contributed by atoms with Gasteiger partial charge in [-0.05, 0) is 49.7 Å². The number of carbonyl (C=O) groups excluding carboxylic acids is 1. The number of nitrogens with zero attached hydrogens (tertiary/aromatic N) is 1. The molecule has 1 aromatic heterocycles. The van der Waals surface area contributed by atoms with Gasteiger partial charge in [-0.1, -0.05) is 46.3 Å². The van der Waals surface area contributed by atoms with Crippen molar-refractivity contribution >= 4 is 21.9 Å². The van der Waals surface area contributed by atoms with Gasteiger partial charge in [-0.25, -0.2) is 4.79 Å². The van der Waals surface area contributed by atoms with Gasteiger partial charge in [-0.3, -0.25) is 0 Å². The second-order valence-electron chi connectivity index (χ2n) is 5.43. The van der Waals surface area contributed by atoms with Crippen LogP contribution in [0.15, 0.2) is 65.1 Å². The molecule has 0 N–H and O–H groups in total. The monoisotopic (exact) mass is 383 g/mol. The summed E-state index contributed by atoms with van der Waals surface area (Å²) in [6.07, 6.45) is 0. The largest absolute Gasteiger partial charge is 0.462 e. The Labute approximate surface area is 150 Å². The van der Waals surface area contributed by atoms with Gasteiger partial charge >= 0.3 is 5.97 Å². The van der Waals surface area contributed by atoms with E-state index in [1.807, 2.05) is 74.5 Å². The molecular weight excluding hydrogens is 366 g/mol. The third-order valence-electron chi connectivity index (χ3n) is 3.90. The predicted octanol–water partition coefficient (Wildman–Crippen LogP) is 5.39. The number of esters is 1. The average molecular weight is 384 g/mol. The predicted molar refractivity (Wildman–Crippen MR) is 99.6 cm³/mol. The van der Waals surface area contributed by atoms with Gasteiger partial charge in [0.1, 0.15) is 0 Å². The molecule has 3 aromatic rings. The lowest BCUT2D eigenvalue weighted by molar-refractivity contribution is 0.0525. The quantitative estimate of drug-likeness (QED) is 0.565. The summed E-state index contributed by atoms with van der Waals surface area (Å²) >= 11 is 3.47. The molecule has 0 aliphatic heterocycles. The molecule has 24 heavy (non-hydrogen) atoms. The third kappa shape index (κ3) is 3.15. The summed E-state index contributed by atoms with van der Waals surface area (Å²) in [4.78, 5) is 12.3.